The van der Waals surface area contributed by atoms with E-state index in [0.717, 1.165) is 10.9 Å². The van der Waals surface area contributed by atoms with Gasteiger partial charge in [-0.3, -0.25) is 4.79 Å². The number of carbonyl (C=O) groups excluding carboxylic acids is 1. The highest BCUT2D eigenvalue weighted by Gasteiger charge is 2.12. The lowest BCUT2D eigenvalue weighted by Crippen LogP contribution is -2.08. The predicted molar refractivity (Wildman–Crippen MR) is 117 cm³/mol. The van der Waals surface area contributed by atoms with Crippen molar-refractivity contribution < 1.29 is 9.21 Å². The molecule has 1 amide bonds. The largest absolute Gasteiger partial charge is 0.422 e. The van der Waals surface area contributed by atoms with E-state index < -0.39 is 5.63 Å². The van der Waals surface area contributed by atoms with Crippen molar-refractivity contribution in [3.8, 4) is 11.1 Å². The van der Waals surface area contributed by atoms with Gasteiger partial charge in [0.05, 0.1) is 10.6 Å². The first kappa shape index (κ1) is 18.7. The van der Waals surface area contributed by atoms with Crippen LogP contribution in [0.2, 0.25) is 5.02 Å². The lowest BCUT2D eigenvalue weighted by molar-refractivity contribution is -0.111. The first-order chi connectivity index (χ1) is 14.1. The summed E-state index contributed by atoms with van der Waals surface area (Å²) in [6.07, 6.45) is 3.18. The quantitative estimate of drug-likeness (QED) is 0.349. The molecule has 0 saturated heterocycles. The number of para-hydroxylation sites is 1. The molecule has 0 aliphatic heterocycles. The number of amides is 1. The van der Waals surface area contributed by atoms with Crippen molar-refractivity contribution in [2.75, 3.05) is 5.32 Å². The highest BCUT2D eigenvalue weighted by atomic mass is 35.5. The summed E-state index contributed by atoms with van der Waals surface area (Å²) in [6.45, 7) is 0. The second-order valence-corrected chi connectivity index (χ2v) is 6.82. The normalized spacial score (nSPS) is 11.1. The summed E-state index contributed by atoms with van der Waals surface area (Å²) in [7, 11) is 0. The number of halogens is 1. The van der Waals surface area contributed by atoms with E-state index in [1.165, 1.54) is 6.08 Å². The number of nitrogens with one attached hydrogen (secondary N) is 1. The number of benzene rings is 3. The predicted octanol–water partition coefficient (Wildman–Crippen LogP) is 5.77. The Morgan fingerprint density at radius 2 is 1.66 bits per heavy atom. The molecule has 5 heteroatoms. The Hall–Kier alpha value is -3.63. The van der Waals surface area contributed by atoms with E-state index in [0.29, 0.717) is 27.4 Å². The van der Waals surface area contributed by atoms with Crippen LogP contribution in [-0.2, 0) is 4.79 Å². The van der Waals surface area contributed by atoms with Gasteiger partial charge in [0.2, 0.25) is 5.91 Å². The summed E-state index contributed by atoms with van der Waals surface area (Å²) < 4.78 is 5.38. The van der Waals surface area contributed by atoms with E-state index in [1.807, 2.05) is 48.5 Å². The van der Waals surface area contributed by atoms with Crippen LogP contribution in [-0.4, -0.2) is 5.91 Å². The fourth-order valence-corrected chi connectivity index (χ4v) is 3.26. The Morgan fingerprint density at radius 1 is 0.897 bits per heavy atom. The highest BCUT2D eigenvalue weighted by molar-refractivity contribution is 6.33. The van der Waals surface area contributed by atoms with Gasteiger partial charge in [-0.15, -0.1) is 0 Å². The maximum Gasteiger partial charge on any atom is 0.344 e. The van der Waals surface area contributed by atoms with E-state index >= 15 is 0 Å². The third kappa shape index (κ3) is 4.28. The van der Waals surface area contributed by atoms with Gasteiger partial charge in [-0.1, -0.05) is 66.2 Å². The summed E-state index contributed by atoms with van der Waals surface area (Å²) >= 11 is 6.39. The van der Waals surface area contributed by atoms with Crippen molar-refractivity contribution in [3.05, 3.63) is 106 Å². The molecule has 29 heavy (non-hydrogen) atoms. The molecule has 0 aliphatic carbocycles. The highest BCUT2D eigenvalue weighted by Crippen LogP contribution is 2.30. The molecule has 0 radical (unpaired) electrons. The van der Waals surface area contributed by atoms with Crippen LogP contribution in [0.1, 0.15) is 5.56 Å². The summed E-state index contributed by atoms with van der Waals surface area (Å²) in [5.74, 6) is -0.275. The molecule has 1 heterocycles. The van der Waals surface area contributed by atoms with Gasteiger partial charge in [0.15, 0.2) is 0 Å². The Kier molecular flexibility index (Phi) is 5.27. The lowest BCUT2D eigenvalue weighted by atomic mass is 10.1. The van der Waals surface area contributed by atoms with E-state index in [-0.39, 0.29) is 5.91 Å². The van der Waals surface area contributed by atoms with Crippen LogP contribution < -0.4 is 10.9 Å². The zero-order valence-electron chi connectivity index (χ0n) is 15.3. The molecular weight excluding hydrogens is 386 g/mol. The molecule has 142 valence electrons. The van der Waals surface area contributed by atoms with Crippen molar-refractivity contribution in [2.45, 2.75) is 0 Å². The minimum atomic E-state index is -0.465. The molecule has 0 saturated carbocycles. The number of fused-ring (bicyclic) bond motifs is 1. The summed E-state index contributed by atoms with van der Waals surface area (Å²) in [5, 5.41) is 3.92. The molecule has 0 fully saturated rings. The van der Waals surface area contributed by atoms with Crippen molar-refractivity contribution in [3.63, 3.8) is 0 Å². The molecule has 1 aromatic heterocycles. The van der Waals surface area contributed by atoms with Crippen LogP contribution in [0, 0.1) is 0 Å². The van der Waals surface area contributed by atoms with Crippen LogP contribution in [0.5, 0.6) is 0 Å². The number of hydrogen-bond donors (Lipinski definition) is 1. The molecule has 3 aromatic carbocycles. The average Bonchev–Trinajstić information content (AvgIpc) is 2.73. The Morgan fingerprint density at radius 3 is 2.45 bits per heavy atom. The van der Waals surface area contributed by atoms with Gasteiger partial charge in [0.1, 0.15) is 5.58 Å². The van der Waals surface area contributed by atoms with E-state index in [9.17, 15) is 9.59 Å². The number of anilines is 1. The minimum absolute atomic E-state index is 0.275. The van der Waals surface area contributed by atoms with Crippen molar-refractivity contribution in [1.82, 2.24) is 0 Å². The third-order valence-electron chi connectivity index (χ3n) is 4.39. The summed E-state index contributed by atoms with van der Waals surface area (Å²) in [6, 6.07) is 23.6. The number of hydrogen-bond acceptors (Lipinski definition) is 3. The first-order valence-electron chi connectivity index (χ1n) is 8.97. The SMILES string of the molecule is O=C(C=Cc1ccccc1)Nc1ccc(-c2cc3ccccc3oc2=O)c(Cl)c1. The summed E-state index contributed by atoms with van der Waals surface area (Å²) in [5.41, 5.74) is 2.44. The Bertz CT molecular complexity index is 1280. The monoisotopic (exact) mass is 401 g/mol. The van der Waals surface area contributed by atoms with Gasteiger partial charge in [-0.25, -0.2) is 4.79 Å². The average molecular weight is 402 g/mol. The van der Waals surface area contributed by atoms with Gasteiger partial charge in [-0.05, 0) is 35.9 Å². The summed E-state index contributed by atoms with van der Waals surface area (Å²) in [4.78, 5) is 24.5. The van der Waals surface area contributed by atoms with E-state index in [2.05, 4.69) is 5.32 Å². The molecule has 4 nitrogen and oxygen atoms in total. The van der Waals surface area contributed by atoms with Crippen LogP contribution in [0.4, 0.5) is 5.69 Å². The molecule has 0 spiro atoms. The molecule has 1 N–H and O–H groups in total. The topological polar surface area (TPSA) is 59.3 Å². The molecule has 4 aromatic rings. The van der Waals surface area contributed by atoms with Gasteiger partial charge < -0.3 is 9.73 Å². The molecule has 0 unspecified atom stereocenters. The van der Waals surface area contributed by atoms with Gasteiger partial charge in [0, 0.05) is 22.7 Å². The zero-order valence-corrected chi connectivity index (χ0v) is 16.0. The van der Waals surface area contributed by atoms with E-state index in [1.54, 1.807) is 36.4 Å². The Labute approximate surface area is 172 Å². The van der Waals surface area contributed by atoms with Crippen LogP contribution in [0.15, 0.2) is 94.2 Å². The fourth-order valence-electron chi connectivity index (χ4n) is 2.98. The maximum atomic E-state index is 12.4. The van der Waals surface area contributed by atoms with Crippen LogP contribution >= 0.6 is 11.6 Å². The van der Waals surface area contributed by atoms with Gasteiger partial charge in [0.25, 0.3) is 0 Å². The minimum Gasteiger partial charge on any atom is -0.422 e. The fraction of sp³-hybridized carbons (Fsp3) is 0. The van der Waals surface area contributed by atoms with E-state index in [4.69, 9.17) is 16.0 Å². The van der Waals surface area contributed by atoms with Crippen molar-refractivity contribution in [2.24, 2.45) is 0 Å². The first-order valence-corrected chi connectivity index (χ1v) is 9.35. The van der Waals surface area contributed by atoms with Gasteiger partial charge in [-0.2, -0.15) is 0 Å². The van der Waals surface area contributed by atoms with Crippen LogP contribution in [0.3, 0.4) is 0 Å². The molecule has 0 aliphatic rings. The van der Waals surface area contributed by atoms with Crippen LogP contribution in [0.25, 0.3) is 28.2 Å². The second kappa shape index (κ2) is 8.17. The lowest BCUT2D eigenvalue weighted by Gasteiger charge is -2.08. The van der Waals surface area contributed by atoms with Crippen molar-refractivity contribution in [1.29, 1.82) is 0 Å². The maximum absolute atomic E-state index is 12.4. The third-order valence-corrected chi connectivity index (χ3v) is 4.71. The number of rotatable bonds is 4. The second-order valence-electron chi connectivity index (χ2n) is 6.41. The molecule has 0 bridgehead atoms. The number of carbonyl (C=O) groups is 1. The Balaban J connectivity index is 1.57. The molecular formula is C24H16ClNO3. The smallest absolute Gasteiger partial charge is 0.344 e. The van der Waals surface area contributed by atoms with Gasteiger partial charge >= 0.3 is 5.63 Å². The standard InChI is InChI=1S/C24H16ClNO3/c25-21-15-18(26-23(27)13-10-16-6-2-1-3-7-16)11-12-19(21)20-14-17-8-4-5-9-22(17)29-24(20)28/h1-15H,(H,26,27). The molecule has 0 atom stereocenters. The molecule has 4 rings (SSSR count). The zero-order chi connectivity index (χ0) is 20.2. The van der Waals surface area contributed by atoms with Crippen molar-refractivity contribution >= 4 is 40.2 Å².